The molecule has 0 aliphatic heterocycles. The number of hydrogen-bond acceptors (Lipinski definition) is 3. The zero-order valence-corrected chi connectivity index (χ0v) is 12.6. The van der Waals surface area contributed by atoms with Crippen LogP contribution in [0.2, 0.25) is 0 Å². The molecule has 0 aliphatic rings. The van der Waals surface area contributed by atoms with Crippen LogP contribution in [0.25, 0.3) is 0 Å². The van der Waals surface area contributed by atoms with Gasteiger partial charge in [0, 0.05) is 12.6 Å². The number of aryl methyl sites for hydroxylation is 1. The third kappa shape index (κ3) is 5.21. The van der Waals surface area contributed by atoms with E-state index in [0.29, 0.717) is 6.54 Å². The number of hydrogen-bond donors (Lipinski definition) is 3. The second-order valence-corrected chi connectivity index (χ2v) is 5.70. The number of nitrogens with one attached hydrogen (secondary N) is 1. The van der Waals surface area contributed by atoms with Gasteiger partial charge in [-0.15, -0.1) is 0 Å². The van der Waals surface area contributed by atoms with E-state index >= 15 is 0 Å². The Morgan fingerprint density at radius 3 is 2.35 bits per heavy atom. The summed E-state index contributed by atoms with van der Waals surface area (Å²) in [6, 6.07) is 7.29. The third-order valence-electron chi connectivity index (χ3n) is 3.59. The first-order chi connectivity index (χ1) is 9.43. The minimum Gasteiger partial charge on any atom is -0.508 e. The summed E-state index contributed by atoms with van der Waals surface area (Å²) in [7, 11) is 0. The van der Waals surface area contributed by atoms with Crippen molar-refractivity contribution >= 4 is 5.91 Å². The predicted molar refractivity (Wildman–Crippen MR) is 81.4 cm³/mol. The van der Waals surface area contributed by atoms with Gasteiger partial charge in [0.05, 0.1) is 5.92 Å². The Kier molecular flexibility index (Phi) is 6.52. The minimum absolute atomic E-state index is 0.0423. The summed E-state index contributed by atoms with van der Waals surface area (Å²) >= 11 is 0. The molecule has 1 rings (SSSR count). The number of aromatic hydroxyl groups is 1. The quantitative estimate of drug-likeness (QED) is 0.714. The van der Waals surface area contributed by atoms with Gasteiger partial charge in [-0.3, -0.25) is 4.79 Å². The average molecular weight is 278 g/mol. The molecule has 0 heterocycles. The maximum atomic E-state index is 12.1. The summed E-state index contributed by atoms with van der Waals surface area (Å²) in [5, 5.41) is 12.2. The third-order valence-corrected chi connectivity index (χ3v) is 3.59. The molecule has 1 aromatic carbocycles. The molecule has 1 amide bonds. The van der Waals surface area contributed by atoms with Gasteiger partial charge in [-0.2, -0.15) is 0 Å². The lowest BCUT2D eigenvalue weighted by molar-refractivity contribution is -0.126. The number of phenolic OH excluding ortho intramolecular Hbond substituents is 1. The first-order valence-corrected chi connectivity index (χ1v) is 7.22. The molecule has 4 N–H and O–H groups in total. The zero-order chi connectivity index (χ0) is 15.1. The van der Waals surface area contributed by atoms with E-state index in [1.807, 2.05) is 32.9 Å². The lowest BCUT2D eigenvalue weighted by atomic mass is 9.94. The molecule has 20 heavy (non-hydrogen) atoms. The average Bonchev–Trinajstić information content (AvgIpc) is 2.38. The summed E-state index contributed by atoms with van der Waals surface area (Å²) in [5.41, 5.74) is 6.80. The van der Waals surface area contributed by atoms with Crippen molar-refractivity contribution in [1.29, 1.82) is 0 Å². The van der Waals surface area contributed by atoms with Crippen LogP contribution in [0.1, 0.15) is 32.8 Å². The van der Waals surface area contributed by atoms with Gasteiger partial charge in [0.1, 0.15) is 5.75 Å². The van der Waals surface area contributed by atoms with Crippen molar-refractivity contribution in [3.8, 4) is 5.75 Å². The number of carbonyl (C=O) groups is 1. The van der Waals surface area contributed by atoms with E-state index in [1.54, 1.807) is 12.1 Å². The van der Waals surface area contributed by atoms with Gasteiger partial charge in [-0.25, -0.2) is 0 Å². The van der Waals surface area contributed by atoms with Gasteiger partial charge in [-0.1, -0.05) is 26.0 Å². The van der Waals surface area contributed by atoms with Gasteiger partial charge in [-0.05, 0) is 43.4 Å². The molecule has 1 aromatic rings. The van der Waals surface area contributed by atoms with Crippen LogP contribution in [-0.4, -0.2) is 23.6 Å². The summed E-state index contributed by atoms with van der Waals surface area (Å²) in [4.78, 5) is 12.1. The molecule has 0 saturated carbocycles. The van der Waals surface area contributed by atoms with Crippen molar-refractivity contribution in [3.63, 3.8) is 0 Å². The van der Waals surface area contributed by atoms with Crippen molar-refractivity contribution < 1.29 is 9.90 Å². The van der Waals surface area contributed by atoms with Gasteiger partial charge in [0.2, 0.25) is 5.91 Å². The number of nitrogens with two attached hydrogens (primary N) is 1. The fourth-order valence-corrected chi connectivity index (χ4v) is 2.15. The molecule has 2 atom stereocenters. The largest absolute Gasteiger partial charge is 0.508 e. The van der Waals surface area contributed by atoms with E-state index in [2.05, 4.69) is 5.32 Å². The molecule has 112 valence electrons. The molecular weight excluding hydrogens is 252 g/mol. The first kappa shape index (κ1) is 16.5. The monoisotopic (exact) mass is 278 g/mol. The zero-order valence-electron chi connectivity index (χ0n) is 12.6. The predicted octanol–water partition coefficient (Wildman–Crippen LogP) is 2.06. The van der Waals surface area contributed by atoms with Gasteiger partial charge < -0.3 is 16.2 Å². The Morgan fingerprint density at radius 1 is 1.25 bits per heavy atom. The smallest absolute Gasteiger partial charge is 0.224 e. The SMILES string of the molecule is CC(CCc1ccc(O)cc1)NC(=O)C(CN)C(C)C. The molecule has 2 unspecified atom stereocenters. The van der Waals surface area contributed by atoms with Crippen molar-refractivity contribution in [2.45, 2.75) is 39.7 Å². The second kappa shape index (κ2) is 7.90. The van der Waals surface area contributed by atoms with Gasteiger partial charge in [0.25, 0.3) is 0 Å². The Balaban J connectivity index is 2.41. The van der Waals surface area contributed by atoms with Crippen molar-refractivity contribution in [3.05, 3.63) is 29.8 Å². The summed E-state index contributed by atoms with van der Waals surface area (Å²) in [6.45, 7) is 6.41. The topological polar surface area (TPSA) is 75.3 Å². The Labute approximate surface area is 121 Å². The normalized spacial score (nSPS) is 14.1. The molecular formula is C16H26N2O2. The van der Waals surface area contributed by atoms with Crippen LogP contribution in [0.3, 0.4) is 0 Å². The highest BCUT2D eigenvalue weighted by Crippen LogP contribution is 2.13. The number of amides is 1. The highest BCUT2D eigenvalue weighted by Gasteiger charge is 2.21. The fraction of sp³-hybridized carbons (Fsp3) is 0.562. The Morgan fingerprint density at radius 2 is 1.85 bits per heavy atom. The van der Waals surface area contributed by atoms with E-state index < -0.39 is 0 Å². The summed E-state index contributed by atoms with van der Waals surface area (Å²) in [5.74, 6) is 0.453. The summed E-state index contributed by atoms with van der Waals surface area (Å²) in [6.07, 6.45) is 1.74. The number of benzene rings is 1. The van der Waals surface area contributed by atoms with E-state index in [9.17, 15) is 9.90 Å². The first-order valence-electron chi connectivity index (χ1n) is 7.22. The van der Waals surface area contributed by atoms with E-state index in [0.717, 1.165) is 18.4 Å². The van der Waals surface area contributed by atoms with E-state index in [1.165, 1.54) is 0 Å². The molecule has 0 fully saturated rings. The van der Waals surface area contributed by atoms with Crippen molar-refractivity contribution in [2.24, 2.45) is 17.6 Å². The van der Waals surface area contributed by atoms with E-state index in [4.69, 9.17) is 5.73 Å². The highest BCUT2D eigenvalue weighted by atomic mass is 16.3. The standard InChI is InChI=1S/C16H26N2O2/c1-11(2)15(10-17)16(20)18-12(3)4-5-13-6-8-14(19)9-7-13/h6-9,11-12,15,19H,4-5,10,17H2,1-3H3,(H,18,20). The number of carbonyl (C=O) groups excluding carboxylic acids is 1. The van der Waals surface area contributed by atoms with Crippen LogP contribution in [0, 0.1) is 11.8 Å². The molecule has 4 nitrogen and oxygen atoms in total. The maximum absolute atomic E-state index is 12.1. The van der Waals surface area contributed by atoms with Crippen LogP contribution in [0.15, 0.2) is 24.3 Å². The lowest BCUT2D eigenvalue weighted by Gasteiger charge is -2.21. The minimum atomic E-state index is -0.119. The Bertz CT molecular complexity index is 415. The summed E-state index contributed by atoms with van der Waals surface area (Å²) < 4.78 is 0. The molecule has 0 saturated heterocycles. The second-order valence-electron chi connectivity index (χ2n) is 5.70. The maximum Gasteiger partial charge on any atom is 0.224 e. The van der Waals surface area contributed by atoms with Crippen LogP contribution >= 0.6 is 0 Å². The van der Waals surface area contributed by atoms with Crippen LogP contribution in [0.5, 0.6) is 5.75 Å². The Hall–Kier alpha value is -1.55. The number of phenols is 1. The molecule has 0 bridgehead atoms. The molecule has 4 heteroatoms. The lowest BCUT2D eigenvalue weighted by Crippen LogP contribution is -2.42. The van der Waals surface area contributed by atoms with Crippen LogP contribution < -0.4 is 11.1 Å². The van der Waals surface area contributed by atoms with Crippen molar-refractivity contribution in [2.75, 3.05) is 6.54 Å². The van der Waals surface area contributed by atoms with Gasteiger partial charge in [0.15, 0.2) is 0 Å². The van der Waals surface area contributed by atoms with Crippen LogP contribution in [0.4, 0.5) is 0 Å². The van der Waals surface area contributed by atoms with E-state index in [-0.39, 0.29) is 29.5 Å². The van der Waals surface area contributed by atoms with Crippen LogP contribution in [-0.2, 0) is 11.2 Å². The van der Waals surface area contributed by atoms with Crippen molar-refractivity contribution in [1.82, 2.24) is 5.32 Å². The number of rotatable bonds is 7. The van der Waals surface area contributed by atoms with Gasteiger partial charge >= 0.3 is 0 Å². The molecule has 0 radical (unpaired) electrons. The molecule has 0 aliphatic carbocycles. The fourth-order valence-electron chi connectivity index (χ4n) is 2.15. The molecule has 0 spiro atoms. The highest BCUT2D eigenvalue weighted by molar-refractivity contribution is 5.79. The molecule has 0 aromatic heterocycles.